The number of benzene rings is 2. The summed E-state index contributed by atoms with van der Waals surface area (Å²) in [5.41, 5.74) is 7.35. The van der Waals surface area contributed by atoms with E-state index in [9.17, 15) is 9.59 Å². The highest BCUT2D eigenvalue weighted by Crippen LogP contribution is 2.40. The first-order valence-corrected chi connectivity index (χ1v) is 16.5. The Kier molecular flexibility index (Phi) is 11.2. The minimum atomic E-state index is -0.941. The van der Waals surface area contributed by atoms with E-state index in [1.807, 2.05) is 11.1 Å². The van der Waals surface area contributed by atoms with E-state index in [4.69, 9.17) is 15.2 Å². The number of rotatable bonds is 9. The lowest BCUT2D eigenvalue weighted by Crippen LogP contribution is -2.47. The molecular formula is C34H40F2N12O4. The maximum Gasteiger partial charge on any atom is 0.260 e. The van der Waals surface area contributed by atoms with Gasteiger partial charge in [0.1, 0.15) is 5.52 Å². The molecule has 2 aliphatic rings. The zero-order valence-electron chi connectivity index (χ0n) is 29.0. The number of aromatic nitrogens is 6. The number of likely N-dealkylation sites (N-methyl/N-ethyl adjacent to an activating group) is 1. The van der Waals surface area contributed by atoms with Gasteiger partial charge in [0.15, 0.2) is 29.1 Å². The topological polar surface area (TPSA) is 196 Å². The number of piperazine rings is 2. The number of nitrogens with zero attached hydrogens (tertiary/aromatic N) is 7. The Morgan fingerprint density at radius 2 is 1.54 bits per heavy atom. The van der Waals surface area contributed by atoms with Crippen LogP contribution in [0.4, 0.5) is 20.7 Å². The number of amides is 2. The molecule has 2 fully saturated rings. The van der Waals surface area contributed by atoms with Gasteiger partial charge in [0, 0.05) is 76.4 Å². The van der Waals surface area contributed by atoms with Crippen LogP contribution in [0.25, 0.3) is 22.2 Å². The number of anilines is 2. The molecule has 18 heteroatoms. The SMILES string of the molecule is CN1CCN(Cc2cnc(N)[nH]2)CC1.COc1cc(OC)c(F)c(-c2ccc(C(=O)Nc3ncc(CN4CCNC(=O)C4)[nH]3)c3nccnc23)c1F. The summed E-state index contributed by atoms with van der Waals surface area (Å²) in [5, 5.41) is 5.44. The van der Waals surface area contributed by atoms with Crippen molar-refractivity contribution in [2.24, 2.45) is 0 Å². The van der Waals surface area contributed by atoms with Crippen molar-refractivity contribution in [2.75, 3.05) is 78.1 Å². The van der Waals surface area contributed by atoms with Crippen molar-refractivity contribution in [2.45, 2.75) is 13.1 Å². The lowest BCUT2D eigenvalue weighted by Gasteiger charge is -2.31. The first-order chi connectivity index (χ1) is 25.1. The third-order valence-corrected chi connectivity index (χ3v) is 8.72. The zero-order chi connectivity index (χ0) is 36.8. The number of ether oxygens (including phenoxy) is 2. The number of hydrogen-bond acceptors (Lipinski definition) is 12. The molecule has 6 N–H and O–H groups in total. The van der Waals surface area contributed by atoms with Gasteiger partial charge in [-0.3, -0.25) is 34.7 Å². The standard InChI is InChI=1S/C25H23F2N7O4.C9H17N5/c1-37-16-9-17(38-2)21(27)19(20(16)26)14-3-4-15(23-22(14)29-5-6-30-23)24(36)33-25-31-10-13(32-25)11-34-8-7-28-18(35)12-34;1-13-2-4-14(5-3-13)7-8-6-11-9(10)12-8/h3-6,9-10H,7-8,11-12H2,1-2H3,(H,28,35)(H2,31,32,33,36);6H,2-5,7H2,1H3,(H3,10,11,12). The molecule has 0 unspecified atom stereocenters. The molecule has 2 saturated heterocycles. The number of fused-ring (bicyclic) bond motifs is 1. The quantitative estimate of drug-likeness (QED) is 0.149. The molecular weight excluding hydrogens is 678 g/mol. The smallest absolute Gasteiger partial charge is 0.260 e. The summed E-state index contributed by atoms with van der Waals surface area (Å²) >= 11 is 0. The minimum Gasteiger partial charge on any atom is -0.494 e. The summed E-state index contributed by atoms with van der Waals surface area (Å²) in [4.78, 5) is 54.2. The molecule has 7 rings (SSSR count). The first-order valence-electron chi connectivity index (χ1n) is 16.5. The van der Waals surface area contributed by atoms with E-state index in [-0.39, 0.29) is 52.1 Å². The van der Waals surface area contributed by atoms with Gasteiger partial charge < -0.3 is 35.4 Å². The van der Waals surface area contributed by atoms with Crippen LogP contribution in [0, 0.1) is 11.6 Å². The van der Waals surface area contributed by atoms with Crippen molar-refractivity contribution in [3.63, 3.8) is 0 Å². The second kappa shape index (κ2) is 16.1. The van der Waals surface area contributed by atoms with E-state index in [0.29, 0.717) is 31.3 Å². The Bertz CT molecular complexity index is 2020. The van der Waals surface area contributed by atoms with Crippen LogP contribution < -0.4 is 25.8 Å². The summed E-state index contributed by atoms with van der Waals surface area (Å²) < 4.78 is 40.5. The second-order valence-corrected chi connectivity index (χ2v) is 12.3. The number of carbonyl (C=O) groups is 2. The monoisotopic (exact) mass is 718 g/mol. The van der Waals surface area contributed by atoms with Gasteiger partial charge in [-0.05, 0) is 13.1 Å². The number of H-pyrrole nitrogens is 2. The molecule has 16 nitrogen and oxygen atoms in total. The molecule has 0 atom stereocenters. The number of imidazole rings is 2. The average molecular weight is 719 g/mol. The van der Waals surface area contributed by atoms with Gasteiger partial charge in [-0.25, -0.2) is 18.7 Å². The van der Waals surface area contributed by atoms with E-state index < -0.39 is 23.1 Å². The number of aromatic amines is 2. The third kappa shape index (κ3) is 8.25. The maximum atomic E-state index is 15.2. The van der Waals surface area contributed by atoms with Crippen molar-refractivity contribution < 1.29 is 27.8 Å². The van der Waals surface area contributed by atoms with Gasteiger partial charge in [0.2, 0.25) is 11.9 Å². The predicted octanol–water partition coefficient (Wildman–Crippen LogP) is 2.24. The number of nitrogens with one attached hydrogen (secondary N) is 4. The van der Waals surface area contributed by atoms with Crippen LogP contribution in [0.15, 0.2) is 43.0 Å². The fraction of sp³-hybridized carbons (Fsp3) is 0.353. The molecule has 0 aliphatic carbocycles. The summed E-state index contributed by atoms with van der Waals surface area (Å²) in [7, 11) is 4.67. The van der Waals surface area contributed by atoms with Gasteiger partial charge in [0.25, 0.3) is 5.91 Å². The van der Waals surface area contributed by atoms with Crippen LogP contribution in [0.1, 0.15) is 21.7 Å². The number of nitrogens with two attached hydrogens (primary N) is 1. The highest BCUT2D eigenvalue weighted by molar-refractivity contribution is 6.13. The molecule has 2 amide bonds. The molecule has 274 valence electrons. The molecule has 2 aliphatic heterocycles. The van der Waals surface area contributed by atoms with Crippen LogP contribution in [0.2, 0.25) is 0 Å². The zero-order valence-corrected chi connectivity index (χ0v) is 29.0. The Morgan fingerprint density at radius 3 is 2.19 bits per heavy atom. The summed E-state index contributed by atoms with van der Waals surface area (Å²) in [5.74, 6) is -2.20. The molecule has 0 radical (unpaired) electrons. The summed E-state index contributed by atoms with van der Waals surface area (Å²) in [6.45, 7) is 7.45. The van der Waals surface area contributed by atoms with Gasteiger partial charge in [-0.15, -0.1) is 0 Å². The third-order valence-electron chi connectivity index (χ3n) is 8.72. The van der Waals surface area contributed by atoms with E-state index in [1.54, 1.807) is 6.20 Å². The maximum absolute atomic E-state index is 15.2. The Morgan fingerprint density at radius 1 is 0.885 bits per heavy atom. The van der Waals surface area contributed by atoms with Crippen molar-refractivity contribution >= 4 is 34.7 Å². The fourth-order valence-electron chi connectivity index (χ4n) is 6.01. The van der Waals surface area contributed by atoms with Crippen molar-refractivity contribution in [1.29, 1.82) is 0 Å². The largest absolute Gasteiger partial charge is 0.494 e. The highest BCUT2D eigenvalue weighted by atomic mass is 19.1. The molecule has 0 saturated carbocycles. The van der Waals surface area contributed by atoms with Crippen LogP contribution in [-0.2, 0) is 17.9 Å². The first kappa shape index (κ1) is 36.1. The van der Waals surface area contributed by atoms with E-state index in [1.165, 1.54) is 38.7 Å². The number of halogens is 2. The summed E-state index contributed by atoms with van der Waals surface area (Å²) in [6, 6.07) is 3.91. The fourth-order valence-corrected chi connectivity index (χ4v) is 6.01. The molecule has 0 spiro atoms. The molecule has 0 bridgehead atoms. The van der Waals surface area contributed by atoms with Crippen molar-refractivity contribution in [3.8, 4) is 22.6 Å². The van der Waals surface area contributed by atoms with Gasteiger partial charge in [0.05, 0.1) is 61.2 Å². The van der Waals surface area contributed by atoms with Crippen molar-refractivity contribution in [3.05, 3.63) is 71.6 Å². The van der Waals surface area contributed by atoms with Gasteiger partial charge >= 0.3 is 0 Å². The van der Waals surface area contributed by atoms with Gasteiger partial charge in [-0.2, -0.15) is 0 Å². The Hall–Kier alpha value is -5.72. The van der Waals surface area contributed by atoms with E-state index in [2.05, 4.69) is 57.4 Å². The van der Waals surface area contributed by atoms with Gasteiger partial charge in [-0.1, -0.05) is 6.07 Å². The van der Waals surface area contributed by atoms with E-state index >= 15 is 8.78 Å². The normalized spacial score (nSPS) is 15.5. The second-order valence-electron chi connectivity index (χ2n) is 12.3. The molecule has 2 aromatic carbocycles. The van der Waals surface area contributed by atoms with Crippen LogP contribution in [0.5, 0.6) is 11.5 Å². The number of carbonyl (C=O) groups excluding carboxylic acids is 2. The lowest BCUT2D eigenvalue weighted by molar-refractivity contribution is -0.124. The number of methoxy groups -OCH3 is 2. The van der Waals surface area contributed by atoms with Crippen LogP contribution >= 0.6 is 0 Å². The minimum absolute atomic E-state index is 0.0483. The summed E-state index contributed by atoms with van der Waals surface area (Å²) in [6.07, 6.45) is 6.13. The molecule has 52 heavy (non-hydrogen) atoms. The number of hydrogen-bond donors (Lipinski definition) is 5. The number of nitrogen functional groups attached to an aromatic ring is 1. The molecule has 5 heterocycles. The highest BCUT2D eigenvalue weighted by Gasteiger charge is 2.26. The Balaban J connectivity index is 0.000000276. The van der Waals surface area contributed by atoms with E-state index in [0.717, 1.165) is 44.5 Å². The van der Waals surface area contributed by atoms with Crippen LogP contribution in [0.3, 0.4) is 0 Å². The lowest BCUT2D eigenvalue weighted by atomic mass is 9.99. The molecule has 5 aromatic rings. The van der Waals surface area contributed by atoms with Crippen molar-refractivity contribution in [1.82, 2.24) is 49.9 Å². The molecule has 3 aromatic heterocycles. The average Bonchev–Trinajstić information content (AvgIpc) is 3.77. The van der Waals surface area contributed by atoms with Crippen LogP contribution in [-0.4, -0.2) is 123 Å². The predicted molar refractivity (Wildman–Crippen MR) is 189 cm³/mol. The Labute approximate surface area is 297 Å².